The molecule has 5 nitrogen and oxygen atoms in total. The van der Waals surface area contributed by atoms with E-state index < -0.39 is 0 Å². The molecule has 0 aromatic carbocycles. The van der Waals surface area contributed by atoms with E-state index in [1.54, 1.807) is 27.6 Å². The van der Waals surface area contributed by atoms with Gasteiger partial charge in [-0.25, -0.2) is 0 Å². The minimum Gasteiger partial charge on any atom is -0.389 e. The fraction of sp³-hybridized carbons (Fsp3) is 0.308. The van der Waals surface area contributed by atoms with E-state index in [0.29, 0.717) is 12.1 Å². The zero-order chi connectivity index (χ0) is 14.0. The minimum atomic E-state index is -0.172. The topological polar surface area (TPSA) is 65.8 Å². The van der Waals surface area contributed by atoms with Crippen molar-refractivity contribution in [3.05, 3.63) is 51.7 Å². The van der Waals surface area contributed by atoms with E-state index in [1.165, 1.54) is 0 Å². The Labute approximate surface area is 116 Å². The molecule has 0 saturated heterocycles. The number of pyridine rings is 1. The van der Waals surface area contributed by atoms with Crippen molar-refractivity contribution < 1.29 is 0 Å². The Kier molecular flexibility index (Phi) is 3.80. The lowest BCUT2D eigenvalue weighted by atomic mass is 10.2. The zero-order valence-electron chi connectivity index (χ0n) is 11.0. The molecule has 19 heavy (non-hydrogen) atoms. The van der Waals surface area contributed by atoms with Gasteiger partial charge in [0.1, 0.15) is 4.99 Å². The molecule has 2 N–H and O–H groups in total. The van der Waals surface area contributed by atoms with E-state index in [1.807, 2.05) is 20.0 Å². The lowest BCUT2D eigenvalue weighted by molar-refractivity contribution is 0.648. The first-order chi connectivity index (χ1) is 9.02. The Morgan fingerprint density at radius 1 is 1.53 bits per heavy atom. The predicted octanol–water partition coefficient (Wildman–Crippen LogP) is 0.827. The van der Waals surface area contributed by atoms with Crippen molar-refractivity contribution in [2.75, 3.05) is 0 Å². The fourth-order valence-electron chi connectivity index (χ4n) is 1.92. The number of thiocarbonyl (C=S) groups is 1. The minimum absolute atomic E-state index is 0.124. The third-order valence-corrected chi connectivity index (χ3v) is 3.23. The van der Waals surface area contributed by atoms with Gasteiger partial charge in [-0.05, 0) is 24.6 Å². The van der Waals surface area contributed by atoms with Crippen LogP contribution >= 0.6 is 12.2 Å². The largest absolute Gasteiger partial charge is 0.389 e. The summed E-state index contributed by atoms with van der Waals surface area (Å²) in [6.07, 6.45) is 2.60. The molecule has 0 spiro atoms. The van der Waals surface area contributed by atoms with Gasteiger partial charge in [0, 0.05) is 13.2 Å². The first kappa shape index (κ1) is 13.5. The van der Waals surface area contributed by atoms with Crippen LogP contribution in [0.1, 0.15) is 23.9 Å². The highest BCUT2D eigenvalue weighted by Gasteiger charge is 2.09. The number of hydrogen-bond acceptors (Lipinski definition) is 3. The van der Waals surface area contributed by atoms with Crippen molar-refractivity contribution in [3.63, 3.8) is 0 Å². The Balaban J connectivity index is 2.38. The van der Waals surface area contributed by atoms with Crippen molar-refractivity contribution in [1.29, 1.82) is 0 Å². The Morgan fingerprint density at radius 3 is 2.84 bits per heavy atom. The first-order valence-corrected chi connectivity index (χ1v) is 6.44. The molecule has 2 rings (SSSR count). The van der Waals surface area contributed by atoms with Gasteiger partial charge in [0.05, 0.1) is 23.5 Å². The van der Waals surface area contributed by atoms with Gasteiger partial charge in [-0.15, -0.1) is 0 Å². The lowest BCUT2D eigenvalue weighted by Gasteiger charge is -2.07. The summed E-state index contributed by atoms with van der Waals surface area (Å²) < 4.78 is 3.38. The molecule has 0 radical (unpaired) electrons. The van der Waals surface area contributed by atoms with Crippen LogP contribution in [0, 0.1) is 0 Å². The van der Waals surface area contributed by atoms with Gasteiger partial charge in [0.2, 0.25) is 0 Å². The molecule has 0 aliphatic carbocycles. The number of aromatic nitrogens is 3. The molecule has 6 heteroatoms. The number of nitrogens with zero attached hydrogens (tertiary/aromatic N) is 3. The van der Waals surface area contributed by atoms with Crippen LogP contribution in [-0.4, -0.2) is 19.3 Å². The number of nitrogens with two attached hydrogens (primary N) is 1. The second kappa shape index (κ2) is 5.36. The van der Waals surface area contributed by atoms with E-state index in [4.69, 9.17) is 18.0 Å². The summed E-state index contributed by atoms with van der Waals surface area (Å²) in [4.78, 5) is 12.3. The van der Waals surface area contributed by atoms with Gasteiger partial charge in [-0.1, -0.05) is 19.1 Å². The quantitative estimate of drug-likeness (QED) is 0.840. The maximum atomic E-state index is 12.2. The van der Waals surface area contributed by atoms with Crippen molar-refractivity contribution in [3.8, 4) is 0 Å². The van der Waals surface area contributed by atoms with Gasteiger partial charge in [0.25, 0.3) is 5.56 Å². The molecule has 0 aliphatic heterocycles. The van der Waals surface area contributed by atoms with Crippen LogP contribution in [0.25, 0.3) is 0 Å². The molecule has 100 valence electrons. The van der Waals surface area contributed by atoms with Crippen LogP contribution in [0.2, 0.25) is 0 Å². The van der Waals surface area contributed by atoms with E-state index in [9.17, 15) is 4.79 Å². The molecule has 2 aromatic heterocycles. The first-order valence-electron chi connectivity index (χ1n) is 6.04. The van der Waals surface area contributed by atoms with Gasteiger partial charge >= 0.3 is 0 Å². The molecular formula is C13H16N4OS. The summed E-state index contributed by atoms with van der Waals surface area (Å²) in [6.45, 7) is 2.50. The number of rotatable bonds is 4. The SMILES string of the molecule is CCc1cc(Cn2cccc(C(N)=S)c2=O)n(C)n1. The molecule has 0 fully saturated rings. The molecule has 2 aromatic rings. The summed E-state index contributed by atoms with van der Waals surface area (Å²) in [5, 5.41) is 4.36. The smallest absolute Gasteiger partial charge is 0.261 e. The van der Waals surface area contributed by atoms with E-state index >= 15 is 0 Å². The van der Waals surface area contributed by atoms with Crippen LogP contribution < -0.4 is 11.3 Å². The van der Waals surface area contributed by atoms with Crippen molar-refractivity contribution in [2.24, 2.45) is 12.8 Å². The average Bonchev–Trinajstić information content (AvgIpc) is 2.72. The van der Waals surface area contributed by atoms with Gasteiger partial charge in [-0.3, -0.25) is 9.48 Å². The third kappa shape index (κ3) is 2.73. The van der Waals surface area contributed by atoms with Crippen LogP contribution in [0.3, 0.4) is 0 Å². The predicted molar refractivity (Wildman–Crippen MR) is 78.3 cm³/mol. The van der Waals surface area contributed by atoms with Crippen LogP contribution in [0.4, 0.5) is 0 Å². The normalized spacial score (nSPS) is 10.6. The number of hydrogen-bond donors (Lipinski definition) is 1. The monoisotopic (exact) mass is 276 g/mol. The van der Waals surface area contributed by atoms with Gasteiger partial charge in [-0.2, -0.15) is 5.10 Å². The van der Waals surface area contributed by atoms with E-state index in [2.05, 4.69) is 5.10 Å². The summed E-state index contributed by atoms with van der Waals surface area (Å²) in [5.74, 6) is 0. The lowest BCUT2D eigenvalue weighted by Crippen LogP contribution is -2.29. The zero-order valence-corrected chi connectivity index (χ0v) is 11.8. The van der Waals surface area contributed by atoms with Crippen molar-refractivity contribution >= 4 is 17.2 Å². The van der Waals surface area contributed by atoms with Crippen molar-refractivity contribution in [2.45, 2.75) is 19.9 Å². The Hall–Kier alpha value is -1.95. The van der Waals surface area contributed by atoms with Crippen molar-refractivity contribution in [1.82, 2.24) is 14.3 Å². The maximum absolute atomic E-state index is 12.2. The van der Waals surface area contributed by atoms with Gasteiger partial charge in [0.15, 0.2) is 0 Å². The molecule has 0 saturated carbocycles. The molecule has 0 aliphatic rings. The van der Waals surface area contributed by atoms with Crippen LogP contribution in [0.5, 0.6) is 0 Å². The molecule has 0 amide bonds. The highest BCUT2D eigenvalue weighted by molar-refractivity contribution is 7.80. The summed E-state index contributed by atoms with van der Waals surface area (Å²) in [6, 6.07) is 5.41. The average molecular weight is 276 g/mol. The highest BCUT2D eigenvalue weighted by atomic mass is 32.1. The van der Waals surface area contributed by atoms with Gasteiger partial charge < -0.3 is 10.3 Å². The standard InChI is InChI=1S/C13H16N4OS/c1-3-9-7-10(16(2)15-9)8-17-6-4-5-11(12(14)19)13(17)18/h4-7H,3,8H2,1-2H3,(H2,14,19). The van der Waals surface area contributed by atoms with E-state index in [0.717, 1.165) is 17.8 Å². The summed E-state index contributed by atoms with van der Waals surface area (Å²) in [7, 11) is 1.87. The van der Waals surface area contributed by atoms with Crippen LogP contribution in [0.15, 0.2) is 29.2 Å². The molecule has 0 bridgehead atoms. The molecule has 0 unspecified atom stereocenters. The third-order valence-electron chi connectivity index (χ3n) is 3.01. The number of aryl methyl sites for hydroxylation is 2. The second-order valence-corrected chi connectivity index (χ2v) is 4.76. The second-order valence-electron chi connectivity index (χ2n) is 4.32. The summed E-state index contributed by atoms with van der Waals surface area (Å²) in [5.41, 5.74) is 7.71. The highest BCUT2D eigenvalue weighted by Crippen LogP contribution is 2.05. The fourth-order valence-corrected chi connectivity index (χ4v) is 2.07. The Morgan fingerprint density at radius 2 is 2.26 bits per heavy atom. The van der Waals surface area contributed by atoms with E-state index in [-0.39, 0.29) is 10.5 Å². The molecule has 0 atom stereocenters. The van der Waals surface area contributed by atoms with Crippen LogP contribution in [-0.2, 0) is 20.0 Å². The maximum Gasteiger partial charge on any atom is 0.261 e. The summed E-state index contributed by atoms with van der Waals surface area (Å²) >= 11 is 4.87. The molecular weight excluding hydrogens is 260 g/mol. The molecule has 2 heterocycles. The Bertz CT molecular complexity index is 672.